The number of nitrogens with two attached hydrogens (primary N) is 1. The van der Waals surface area contributed by atoms with Gasteiger partial charge >= 0.3 is 0 Å². The van der Waals surface area contributed by atoms with Crippen LogP contribution in [-0.4, -0.2) is 34.7 Å². The normalized spacial score (nSPS) is 11.8. The van der Waals surface area contributed by atoms with Gasteiger partial charge in [0.1, 0.15) is 0 Å². The minimum atomic E-state index is -3.59. The molecule has 0 spiro atoms. The summed E-state index contributed by atoms with van der Waals surface area (Å²) in [5.41, 5.74) is 5.34. The van der Waals surface area contributed by atoms with Gasteiger partial charge in [-0.3, -0.25) is 0 Å². The SMILES string of the molecule is Nc1nnc(S(=O)(=O)NCCCn2ccnc2)s1. The summed E-state index contributed by atoms with van der Waals surface area (Å²) in [5, 5.41) is 7.09. The maximum Gasteiger partial charge on any atom is 0.269 e. The fraction of sp³-hybridized carbons (Fsp3) is 0.375. The van der Waals surface area contributed by atoms with Crippen molar-refractivity contribution in [2.45, 2.75) is 17.3 Å². The first-order chi connectivity index (χ1) is 8.58. The standard InChI is InChI=1S/C8H12N6O2S2/c9-7-12-13-8(17-7)18(15,16)11-2-1-4-14-5-3-10-6-14/h3,5-6,11H,1-2,4H2,(H2,9,12). The second-order valence-corrected chi connectivity index (χ2v) is 6.41. The summed E-state index contributed by atoms with van der Waals surface area (Å²) in [6, 6.07) is 0. The van der Waals surface area contributed by atoms with Crippen LogP contribution in [0.5, 0.6) is 0 Å². The molecule has 0 aromatic carbocycles. The molecule has 18 heavy (non-hydrogen) atoms. The monoisotopic (exact) mass is 288 g/mol. The zero-order valence-corrected chi connectivity index (χ0v) is 11.0. The van der Waals surface area contributed by atoms with Crippen molar-refractivity contribution >= 4 is 26.5 Å². The van der Waals surface area contributed by atoms with Crippen molar-refractivity contribution in [3.8, 4) is 0 Å². The first-order valence-electron chi connectivity index (χ1n) is 5.12. The third kappa shape index (κ3) is 3.24. The Bertz CT molecular complexity index is 591. The van der Waals surface area contributed by atoms with E-state index in [1.807, 2.05) is 10.8 Å². The lowest BCUT2D eigenvalue weighted by Gasteiger charge is -2.04. The molecule has 0 saturated carbocycles. The van der Waals surface area contributed by atoms with Gasteiger partial charge in [0.2, 0.25) is 9.47 Å². The zero-order valence-electron chi connectivity index (χ0n) is 9.35. The molecular formula is C8H12N6O2S2. The highest BCUT2D eigenvalue weighted by Crippen LogP contribution is 2.16. The average molecular weight is 288 g/mol. The smallest absolute Gasteiger partial charge is 0.269 e. The Kier molecular flexibility index (Phi) is 3.89. The van der Waals surface area contributed by atoms with E-state index in [-0.39, 0.29) is 9.47 Å². The van der Waals surface area contributed by atoms with Gasteiger partial charge in [-0.2, -0.15) is 0 Å². The summed E-state index contributed by atoms with van der Waals surface area (Å²) >= 11 is 0.840. The maximum absolute atomic E-state index is 11.7. The number of imidazole rings is 1. The van der Waals surface area contributed by atoms with E-state index in [4.69, 9.17) is 5.73 Å². The first-order valence-corrected chi connectivity index (χ1v) is 7.42. The minimum Gasteiger partial charge on any atom is -0.374 e. The van der Waals surface area contributed by atoms with E-state index in [1.165, 1.54) is 0 Å². The summed E-state index contributed by atoms with van der Waals surface area (Å²) < 4.78 is 27.7. The van der Waals surface area contributed by atoms with Crippen LogP contribution in [0.4, 0.5) is 5.13 Å². The Morgan fingerprint density at radius 2 is 2.28 bits per heavy atom. The predicted molar refractivity (Wildman–Crippen MR) is 66.4 cm³/mol. The van der Waals surface area contributed by atoms with E-state index in [9.17, 15) is 8.42 Å². The molecule has 3 N–H and O–H groups in total. The molecule has 2 aromatic heterocycles. The molecule has 0 bridgehead atoms. The van der Waals surface area contributed by atoms with E-state index in [0.717, 1.165) is 11.3 Å². The lowest BCUT2D eigenvalue weighted by atomic mass is 10.4. The second kappa shape index (κ2) is 5.42. The Morgan fingerprint density at radius 3 is 2.89 bits per heavy atom. The van der Waals surface area contributed by atoms with E-state index >= 15 is 0 Å². The lowest BCUT2D eigenvalue weighted by molar-refractivity contribution is 0.568. The van der Waals surface area contributed by atoms with E-state index in [1.54, 1.807) is 12.5 Å². The molecule has 98 valence electrons. The van der Waals surface area contributed by atoms with E-state index in [2.05, 4.69) is 19.9 Å². The Hall–Kier alpha value is -1.52. The number of aryl methyl sites for hydroxylation is 1. The van der Waals surface area contributed by atoms with Crippen LogP contribution in [-0.2, 0) is 16.6 Å². The largest absolute Gasteiger partial charge is 0.374 e. The molecule has 0 radical (unpaired) electrons. The highest BCUT2D eigenvalue weighted by atomic mass is 32.2. The molecule has 0 atom stereocenters. The number of anilines is 1. The second-order valence-electron chi connectivity index (χ2n) is 3.46. The van der Waals surface area contributed by atoms with Gasteiger partial charge < -0.3 is 10.3 Å². The fourth-order valence-corrected chi connectivity index (χ4v) is 3.18. The Labute approximate surface area is 108 Å². The molecule has 0 aliphatic carbocycles. The average Bonchev–Trinajstić information content (AvgIpc) is 2.95. The predicted octanol–water partition coefficient (Wildman–Crippen LogP) is -0.315. The van der Waals surface area contributed by atoms with E-state index in [0.29, 0.717) is 19.5 Å². The maximum atomic E-state index is 11.7. The van der Waals surface area contributed by atoms with Crippen LogP contribution in [0, 0.1) is 0 Å². The van der Waals surface area contributed by atoms with Crippen molar-refractivity contribution in [3.63, 3.8) is 0 Å². The van der Waals surface area contributed by atoms with Crippen molar-refractivity contribution in [2.24, 2.45) is 0 Å². The van der Waals surface area contributed by atoms with Crippen LogP contribution >= 0.6 is 11.3 Å². The number of nitrogen functional groups attached to an aromatic ring is 1. The Balaban J connectivity index is 1.82. The molecule has 0 fully saturated rings. The van der Waals surface area contributed by atoms with Gasteiger partial charge in [0.25, 0.3) is 10.0 Å². The third-order valence-electron chi connectivity index (χ3n) is 2.10. The highest BCUT2D eigenvalue weighted by molar-refractivity contribution is 7.91. The highest BCUT2D eigenvalue weighted by Gasteiger charge is 2.18. The number of hydrogen-bond acceptors (Lipinski definition) is 7. The van der Waals surface area contributed by atoms with Crippen molar-refractivity contribution < 1.29 is 8.42 Å². The number of nitrogens with one attached hydrogen (secondary N) is 1. The van der Waals surface area contributed by atoms with Gasteiger partial charge in [-0.25, -0.2) is 18.1 Å². The molecule has 2 rings (SSSR count). The summed E-state index contributed by atoms with van der Waals surface area (Å²) in [7, 11) is -3.59. The van der Waals surface area contributed by atoms with Crippen molar-refractivity contribution in [3.05, 3.63) is 18.7 Å². The molecule has 0 saturated heterocycles. The molecular weight excluding hydrogens is 276 g/mol. The number of sulfonamides is 1. The van der Waals surface area contributed by atoms with Gasteiger partial charge in [-0.15, -0.1) is 10.2 Å². The van der Waals surface area contributed by atoms with Gasteiger partial charge in [-0.1, -0.05) is 11.3 Å². The van der Waals surface area contributed by atoms with Gasteiger partial charge in [0, 0.05) is 25.5 Å². The summed E-state index contributed by atoms with van der Waals surface area (Å²) in [6.45, 7) is 1.01. The quantitative estimate of drug-likeness (QED) is 0.704. The number of nitrogens with zero attached hydrogens (tertiary/aromatic N) is 4. The molecule has 0 aliphatic heterocycles. The van der Waals surface area contributed by atoms with Gasteiger partial charge in [0.05, 0.1) is 6.33 Å². The van der Waals surface area contributed by atoms with Crippen molar-refractivity contribution in [1.82, 2.24) is 24.5 Å². The topological polar surface area (TPSA) is 116 Å². The van der Waals surface area contributed by atoms with Crippen LogP contribution in [0.25, 0.3) is 0 Å². The summed E-state index contributed by atoms with van der Waals surface area (Å²) in [4.78, 5) is 3.89. The van der Waals surface area contributed by atoms with Crippen LogP contribution in [0.3, 0.4) is 0 Å². The molecule has 0 aliphatic rings. The molecule has 8 nitrogen and oxygen atoms in total. The third-order valence-corrected chi connectivity index (χ3v) is 4.68. The van der Waals surface area contributed by atoms with Crippen LogP contribution in [0.15, 0.2) is 23.1 Å². The van der Waals surface area contributed by atoms with Crippen molar-refractivity contribution in [2.75, 3.05) is 12.3 Å². The molecule has 2 aromatic rings. The van der Waals surface area contributed by atoms with Crippen LogP contribution in [0.2, 0.25) is 0 Å². The molecule has 10 heteroatoms. The zero-order chi connectivity index (χ0) is 13.0. The van der Waals surface area contributed by atoms with Crippen LogP contribution in [0.1, 0.15) is 6.42 Å². The van der Waals surface area contributed by atoms with Crippen molar-refractivity contribution in [1.29, 1.82) is 0 Å². The molecule has 0 unspecified atom stereocenters. The van der Waals surface area contributed by atoms with Gasteiger partial charge in [-0.05, 0) is 6.42 Å². The van der Waals surface area contributed by atoms with E-state index < -0.39 is 10.0 Å². The number of hydrogen-bond donors (Lipinski definition) is 2. The Morgan fingerprint density at radius 1 is 1.44 bits per heavy atom. The summed E-state index contributed by atoms with van der Waals surface area (Å²) in [6.07, 6.45) is 5.83. The minimum absolute atomic E-state index is 0.109. The van der Waals surface area contributed by atoms with Crippen LogP contribution < -0.4 is 10.5 Å². The lowest BCUT2D eigenvalue weighted by Crippen LogP contribution is -2.25. The number of aromatic nitrogens is 4. The summed E-state index contributed by atoms with van der Waals surface area (Å²) in [5.74, 6) is 0. The number of rotatable bonds is 6. The fourth-order valence-electron chi connectivity index (χ4n) is 1.28. The molecule has 2 heterocycles. The first kappa shape index (κ1) is 12.9. The van der Waals surface area contributed by atoms with Gasteiger partial charge in [0.15, 0.2) is 0 Å². The molecule has 0 amide bonds.